The largest absolute Gasteiger partial charge is 0.350 e. The average Bonchev–Trinajstić information content (AvgIpc) is 3.09. The van der Waals surface area contributed by atoms with Crippen LogP contribution < -0.4 is 10.6 Å². The van der Waals surface area contributed by atoms with Crippen LogP contribution in [0.2, 0.25) is 5.02 Å². The van der Waals surface area contributed by atoms with Crippen molar-refractivity contribution in [3.05, 3.63) is 82.5 Å². The molecular formula is C22H23ClN4O2. The Balaban J connectivity index is 1.50. The Bertz CT molecular complexity index is 985. The molecule has 0 radical (unpaired) electrons. The summed E-state index contributed by atoms with van der Waals surface area (Å²) in [5.41, 5.74) is 2.33. The first kappa shape index (κ1) is 20.6. The number of amides is 2. The van der Waals surface area contributed by atoms with Crippen molar-refractivity contribution < 1.29 is 9.59 Å². The second-order valence-electron chi connectivity index (χ2n) is 6.67. The van der Waals surface area contributed by atoms with Crippen LogP contribution in [0.3, 0.4) is 0 Å². The third kappa shape index (κ3) is 5.93. The monoisotopic (exact) mass is 410 g/mol. The Morgan fingerprint density at radius 1 is 1.03 bits per heavy atom. The Labute approximate surface area is 174 Å². The number of aromatic nitrogens is 2. The number of hydrogen-bond donors (Lipinski definition) is 2. The molecule has 0 saturated carbocycles. The average molecular weight is 411 g/mol. The van der Waals surface area contributed by atoms with Crippen LogP contribution in [0, 0.1) is 0 Å². The second kappa shape index (κ2) is 9.89. The molecule has 0 aliphatic heterocycles. The molecule has 3 rings (SSSR count). The van der Waals surface area contributed by atoms with Gasteiger partial charge in [-0.3, -0.25) is 14.3 Å². The fraction of sp³-hybridized carbons (Fsp3) is 0.227. The van der Waals surface area contributed by atoms with E-state index in [9.17, 15) is 9.59 Å². The molecule has 2 N–H and O–H groups in total. The molecule has 0 bridgehead atoms. The van der Waals surface area contributed by atoms with Crippen LogP contribution in [0.5, 0.6) is 0 Å². The van der Waals surface area contributed by atoms with Crippen LogP contribution >= 0.6 is 11.6 Å². The van der Waals surface area contributed by atoms with Crippen molar-refractivity contribution in [3.8, 4) is 0 Å². The summed E-state index contributed by atoms with van der Waals surface area (Å²) in [5.74, 6) is 0.0688. The van der Waals surface area contributed by atoms with Gasteiger partial charge in [0.2, 0.25) is 5.91 Å². The van der Waals surface area contributed by atoms with E-state index >= 15 is 0 Å². The zero-order chi connectivity index (χ0) is 20.6. The molecule has 29 heavy (non-hydrogen) atoms. The highest BCUT2D eigenvalue weighted by atomic mass is 35.5. The van der Waals surface area contributed by atoms with Gasteiger partial charge in [0, 0.05) is 31.1 Å². The van der Waals surface area contributed by atoms with E-state index in [1.54, 1.807) is 13.1 Å². The minimum absolute atomic E-state index is 0.123. The van der Waals surface area contributed by atoms with Gasteiger partial charge >= 0.3 is 0 Å². The Hall–Kier alpha value is -3.12. The molecular weight excluding hydrogens is 388 g/mol. The van der Waals surface area contributed by atoms with E-state index in [4.69, 9.17) is 11.6 Å². The molecule has 6 nitrogen and oxygen atoms in total. The minimum atomic E-state index is -0.294. The number of nitrogens with one attached hydrogen (secondary N) is 2. The first-order chi connectivity index (χ1) is 14.0. The van der Waals surface area contributed by atoms with Gasteiger partial charge in [0.1, 0.15) is 5.82 Å². The van der Waals surface area contributed by atoms with Crippen LogP contribution in [-0.4, -0.2) is 28.1 Å². The Kier molecular flexibility index (Phi) is 7.03. The van der Waals surface area contributed by atoms with Crippen LogP contribution in [0.4, 0.5) is 5.82 Å². The summed E-state index contributed by atoms with van der Waals surface area (Å²) in [6, 6.07) is 18.9. The summed E-state index contributed by atoms with van der Waals surface area (Å²) in [5, 5.41) is 10.5. The number of nitrogens with zero attached hydrogens (tertiary/aromatic N) is 2. The van der Waals surface area contributed by atoms with Crippen molar-refractivity contribution >= 4 is 29.2 Å². The lowest BCUT2D eigenvalue weighted by Gasteiger charge is -2.05. The van der Waals surface area contributed by atoms with Crippen molar-refractivity contribution in [2.75, 3.05) is 11.9 Å². The van der Waals surface area contributed by atoms with E-state index in [0.717, 1.165) is 11.1 Å². The van der Waals surface area contributed by atoms with E-state index < -0.39 is 0 Å². The molecule has 0 saturated heterocycles. The highest BCUT2D eigenvalue weighted by Crippen LogP contribution is 2.15. The minimum Gasteiger partial charge on any atom is -0.350 e. The number of anilines is 1. The van der Waals surface area contributed by atoms with E-state index in [1.165, 1.54) is 4.68 Å². The summed E-state index contributed by atoms with van der Waals surface area (Å²) in [4.78, 5) is 24.6. The van der Waals surface area contributed by atoms with E-state index in [1.807, 2.05) is 54.6 Å². The Morgan fingerprint density at radius 3 is 2.52 bits per heavy atom. The van der Waals surface area contributed by atoms with Gasteiger partial charge < -0.3 is 10.6 Å². The van der Waals surface area contributed by atoms with Gasteiger partial charge in [-0.2, -0.15) is 5.10 Å². The molecule has 0 aliphatic rings. The van der Waals surface area contributed by atoms with E-state index in [0.29, 0.717) is 36.6 Å². The predicted octanol–water partition coefficient (Wildman–Crippen LogP) is 3.62. The first-order valence-corrected chi connectivity index (χ1v) is 9.80. The maximum absolute atomic E-state index is 12.3. The van der Waals surface area contributed by atoms with Crippen molar-refractivity contribution in [2.24, 2.45) is 7.05 Å². The maximum Gasteiger partial charge on any atom is 0.271 e. The van der Waals surface area contributed by atoms with Gasteiger partial charge in [-0.1, -0.05) is 60.1 Å². The summed E-state index contributed by atoms with van der Waals surface area (Å²) in [6.45, 7) is 0.442. The number of carbonyl (C=O) groups is 2. The maximum atomic E-state index is 12.3. The lowest BCUT2D eigenvalue weighted by Crippen LogP contribution is -2.26. The second-order valence-corrected chi connectivity index (χ2v) is 7.08. The molecule has 1 heterocycles. The van der Waals surface area contributed by atoms with Gasteiger partial charge in [-0.05, 0) is 30.0 Å². The fourth-order valence-corrected chi connectivity index (χ4v) is 3.14. The number of benzene rings is 2. The molecule has 150 valence electrons. The highest BCUT2D eigenvalue weighted by molar-refractivity contribution is 6.31. The molecule has 2 amide bonds. The molecule has 2 aromatic carbocycles. The summed E-state index contributed by atoms with van der Waals surface area (Å²) < 4.78 is 1.49. The van der Waals surface area contributed by atoms with Crippen LogP contribution in [0.15, 0.2) is 60.7 Å². The van der Waals surface area contributed by atoms with Crippen molar-refractivity contribution in [3.63, 3.8) is 0 Å². The molecule has 0 unspecified atom stereocenters. The predicted molar refractivity (Wildman–Crippen MR) is 114 cm³/mol. The van der Waals surface area contributed by atoms with Gasteiger partial charge in [-0.15, -0.1) is 0 Å². The first-order valence-electron chi connectivity index (χ1n) is 9.42. The van der Waals surface area contributed by atoms with Crippen LogP contribution in [0.25, 0.3) is 0 Å². The third-order valence-corrected chi connectivity index (χ3v) is 4.87. The van der Waals surface area contributed by atoms with Gasteiger partial charge in [-0.25, -0.2) is 0 Å². The molecule has 0 fully saturated rings. The molecule has 7 heteroatoms. The lowest BCUT2D eigenvalue weighted by molar-refractivity contribution is -0.116. The lowest BCUT2D eigenvalue weighted by atomic mass is 10.1. The SMILES string of the molecule is Cn1nc(C(=O)NCCc2ccccc2Cl)cc1NC(=O)CCc1ccccc1. The zero-order valence-corrected chi connectivity index (χ0v) is 16.9. The quantitative estimate of drug-likeness (QED) is 0.595. The van der Waals surface area contributed by atoms with Gasteiger partial charge in [0.25, 0.3) is 5.91 Å². The number of carbonyl (C=O) groups excluding carboxylic acids is 2. The topological polar surface area (TPSA) is 76.0 Å². The summed E-state index contributed by atoms with van der Waals surface area (Å²) in [6.07, 6.45) is 1.63. The molecule has 0 spiro atoms. The van der Waals surface area contributed by atoms with Crippen LogP contribution in [-0.2, 0) is 24.7 Å². The van der Waals surface area contributed by atoms with Crippen LogP contribution in [0.1, 0.15) is 28.0 Å². The zero-order valence-electron chi connectivity index (χ0n) is 16.2. The molecule has 1 aromatic heterocycles. The standard InChI is InChI=1S/C22H23ClN4O2/c1-27-20(25-21(28)12-11-16-7-3-2-4-8-16)15-19(26-27)22(29)24-14-13-17-9-5-6-10-18(17)23/h2-10,15H,11-14H2,1H3,(H,24,29)(H,25,28). The number of halogens is 1. The Morgan fingerprint density at radius 2 is 1.76 bits per heavy atom. The molecule has 0 atom stereocenters. The van der Waals surface area contributed by atoms with E-state index in [2.05, 4.69) is 15.7 Å². The van der Waals surface area contributed by atoms with E-state index in [-0.39, 0.29) is 17.5 Å². The third-order valence-electron chi connectivity index (χ3n) is 4.50. The highest BCUT2D eigenvalue weighted by Gasteiger charge is 2.14. The van der Waals surface area contributed by atoms with Crippen molar-refractivity contribution in [1.29, 1.82) is 0 Å². The van der Waals surface area contributed by atoms with Crippen molar-refractivity contribution in [1.82, 2.24) is 15.1 Å². The molecule has 3 aromatic rings. The van der Waals surface area contributed by atoms with Gasteiger partial charge in [0.05, 0.1) is 0 Å². The number of rotatable bonds is 8. The smallest absolute Gasteiger partial charge is 0.271 e. The number of hydrogen-bond acceptors (Lipinski definition) is 3. The normalized spacial score (nSPS) is 10.6. The van der Waals surface area contributed by atoms with Gasteiger partial charge in [0.15, 0.2) is 5.69 Å². The summed E-state index contributed by atoms with van der Waals surface area (Å²) >= 11 is 6.13. The van der Waals surface area contributed by atoms with Crippen molar-refractivity contribution in [2.45, 2.75) is 19.3 Å². The number of aryl methyl sites for hydroxylation is 2. The summed E-state index contributed by atoms with van der Waals surface area (Å²) in [7, 11) is 1.69. The molecule has 0 aliphatic carbocycles. The fourth-order valence-electron chi connectivity index (χ4n) is 2.91.